The molecule has 0 spiro atoms. The van der Waals surface area contributed by atoms with Crippen molar-refractivity contribution in [1.29, 1.82) is 0 Å². The van der Waals surface area contributed by atoms with E-state index in [1.54, 1.807) is 11.8 Å². The van der Waals surface area contributed by atoms with Crippen LogP contribution in [0, 0.1) is 46.3 Å². The van der Waals surface area contributed by atoms with E-state index in [0.29, 0.717) is 32.1 Å². The van der Waals surface area contributed by atoms with Crippen molar-refractivity contribution >= 4 is 23.8 Å². The lowest BCUT2D eigenvalue weighted by Crippen LogP contribution is -2.63. The average molecular weight is 801 g/mol. The molecule has 4 aliphatic rings. The Morgan fingerprint density at radius 2 is 1.36 bits per heavy atom. The molecule has 10 N–H and O–H groups in total. The van der Waals surface area contributed by atoms with Crippen LogP contribution in [-0.4, -0.2) is 174 Å². The summed E-state index contributed by atoms with van der Waals surface area (Å²) in [5, 5.41) is 93.3. The number of nitrogens with zero attached hydrogens (tertiary/aromatic N) is 3. The van der Waals surface area contributed by atoms with Crippen LogP contribution in [0.3, 0.4) is 0 Å². The number of rotatable bonds is 21. The summed E-state index contributed by atoms with van der Waals surface area (Å²) in [5.41, 5.74) is -0.555. The summed E-state index contributed by atoms with van der Waals surface area (Å²) < 4.78 is 0. The topological polar surface area (TPSA) is 272 Å². The van der Waals surface area contributed by atoms with Crippen LogP contribution < -0.4 is 5.32 Å². The van der Waals surface area contributed by atoms with Gasteiger partial charge in [0.1, 0.15) is 0 Å². The maximum absolute atomic E-state index is 13.7. The van der Waals surface area contributed by atoms with Crippen molar-refractivity contribution in [2.45, 2.75) is 122 Å². The number of fused-ring (bicyclic) bond motifs is 5. The average Bonchev–Trinajstić information content (AvgIpc) is 3.44. The first kappa shape index (κ1) is 46.2. The number of hydrogen-bond acceptors (Lipinski definition) is 13. The smallest absolute Gasteiger partial charge is 0.317 e. The number of amides is 1. The van der Waals surface area contributed by atoms with E-state index >= 15 is 0 Å². The molecule has 0 aromatic carbocycles. The molecule has 4 saturated carbocycles. The predicted molar refractivity (Wildman–Crippen MR) is 202 cm³/mol. The molecule has 0 bridgehead atoms. The molecule has 0 aliphatic heterocycles. The number of hydrogen-bond donors (Lipinski definition) is 10. The normalized spacial score (nSPS) is 34.0. The molecule has 0 saturated heterocycles. The van der Waals surface area contributed by atoms with Gasteiger partial charge in [-0.1, -0.05) is 20.8 Å². The monoisotopic (exact) mass is 800 g/mol. The SMILES string of the molecule is CC(CCC(=O)O)[C@H]1CCC2C3C(O)CC4CC(NC(=O)CN(CCN(CC(=O)O)CC(=O)O)CC(C)N(CC(O)O)CC(O)O)CC[C@]4(C)C3CC(O)[C@@]21C. The molecular formula is C39H68N4O13. The number of aliphatic carboxylic acids is 3. The van der Waals surface area contributed by atoms with Gasteiger partial charge in [-0.3, -0.25) is 33.9 Å². The second-order valence-electron chi connectivity index (χ2n) is 18.0. The first-order valence-electron chi connectivity index (χ1n) is 20.4. The molecule has 4 aliphatic carbocycles. The zero-order valence-corrected chi connectivity index (χ0v) is 33.4. The highest BCUT2D eigenvalue weighted by Crippen LogP contribution is 2.68. The number of aliphatic hydroxyl groups excluding tert-OH is 4. The number of carboxylic acids is 3. The number of carboxylic acid groups (broad SMARTS) is 3. The molecule has 4 rings (SSSR count). The summed E-state index contributed by atoms with van der Waals surface area (Å²) >= 11 is 0. The molecule has 1 amide bonds. The molecule has 0 aromatic heterocycles. The minimum atomic E-state index is -1.77. The fourth-order valence-electron chi connectivity index (χ4n) is 11.8. The third-order valence-corrected chi connectivity index (χ3v) is 14.5. The Hall–Kier alpha value is -2.48. The van der Waals surface area contributed by atoms with Crippen molar-refractivity contribution < 1.29 is 65.1 Å². The summed E-state index contributed by atoms with van der Waals surface area (Å²) in [5.74, 6) is -2.86. The van der Waals surface area contributed by atoms with E-state index in [-0.39, 0.29) is 98.6 Å². The van der Waals surface area contributed by atoms with E-state index in [0.717, 1.165) is 19.3 Å². The summed E-state index contributed by atoms with van der Waals surface area (Å²) in [4.78, 5) is 52.2. The van der Waals surface area contributed by atoms with Crippen molar-refractivity contribution in [2.75, 3.05) is 52.4 Å². The third kappa shape index (κ3) is 11.2. The van der Waals surface area contributed by atoms with Gasteiger partial charge in [-0.15, -0.1) is 0 Å². The van der Waals surface area contributed by atoms with Crippen molar-refractivity contribution in [1.82, 2.24) is 20.0 Å². The second-order valence-corrected chi connectivity index (χ2v) is 18.0. The van der Waals surface area contributed by atoms with Gasteiger partial charge in [0.2, 0.25) is 5.91 Å². The van der Waals surface area contributed by atoms with Crippen LogP contribution in [0.25, 0.3) is 0 Å². The van der Waals surface area contributed by atoms with Crippen LogP contribution in [-0.2, 0) is 19.2 Å². The first-order valence-corrected chi connectivity index (χ1v) is 20.4. The van der Waals surface area contributed by atoms with Crippen LogP contribution >= 0.6 is 0 Å². The van der Waals surface area contributed by atoms with Crippen LogP contribution in [0.15, 0.2) is 0 Å². The van der Waals surface area contributed by atoms with Crippen LogP contribution in [0.1, 0.15) is 85.5 Å². The molecule has 17 heteroatoms. The van der Waals surface area contributed by atoms with Gasteiger partial charge in [0.15, 0.2) is 12.6 Å². The van der Waals surface area contributed by atoms with Crippen LogP contribution in [0.2, 0.25) is 0 Å². The highest BCUT2D eigenvalue weighted by atomic mass is 16.5. The van der Waals surface area contributed by atoms with Crippen LogP contribution in [0.5, 0.6) is 0 Å². The highest BCUT2D eigenvalue weighted by molar-refractivity contribution is 5.78. The molecule has 322 valence electrons. The lowest BCUT2D eigenvalue weighted by molar-refractivity contribution is -0.202. The molecule has 0 aromatic rings. The molecule has 56 heavy (non-hydrogen) atoms. The largest absolute Gasteiger partial charge is 0.481 e. The molecule has 0 heterocycles. The fourth-order valence-corrected chi connectivity index (χ4v) is 11.8. The van der Waals surface area contributed by atoms with E-state index in [1.807, 2.05) is 0 Å². The summed E-state index contributed by atoms with van der Waals surface area (Å²) in [6.07, 6.45) is 1.09. The van der Waals surface area contributed by atoms with Crippen molar-refractivity contribution in [2.24, 2.45) is 46.3 Å². The Labute approximate surface area is 329 Å². The highest BCUT2D eigenvalue weighted by Gasteiger charge is 2.65. The Kier molecular flexibility index (Phi) is 16.1. The van der Waals surface area contributed by atoms with Gasteiger partial charge in [-0.05, 0) is 105 Å². The number of nitrogens with one attached hydrogen (secondary N) is 1. The number of carbonyl (C=O) groups is 4. The summed E-state index contributed by atoms with van der Waals surface area (Å²) in [6, 6.07) is -0.712. The molecule has 0 radical (unpaired) electrons. The molecule has 4 fully saturated rings. The van der Waals surface area contributed by atoms with E-state index < -0.39 is 67.2 Å². The Morgan fingerprint density at radius 3 is 1.93 bits per heavy atom. The molecule has 9 unspecified atom stereocenters. The Bertz CT molecular complexity index is 1330. The van der Waals surface area contributed by atoms with Crippen LogP contribution in [0.4, 0.5) is 0 Å². The van der Waals surface area contributed by atoms with Crippen molar-refractivity contribution in [3.63, 3.8) is 0 Å². The van der Waals surface area contributed by atoms with E-state index in [4.69, 9.17) is 0 Å². The minimum absolute atomic E-state index is 0.00202. The quantitative estimate of drug-likeness (QED) is 0.0665. The van der Waals surface area contributed by atoms with E-state index in [2.05, 4.69) is 26.1 Å². The lowest BCUT2D eigenvalue weighted by atomic mass is 9.43. The maximum atomic E-state index is 13.7. The van der Waals surface area contributed by atoms with Gasteiger partial charge in [0.05, 0.1) is 31.8 Å². The van der Waals surface area contributed by atoms with Gasteiger partial charge in [-0.25, -0.2) is 0 Å². The minimum Gasteiger partial charge on any atom is -0.481 e. The summed E-state index contributed by atoms with van der Waals surface area (Å²) in [7, 11) is 0. The summed E-state index contributed by atoms with van der Waals surface area (Å²) in [6.45, 7) is 6.66. The van der Waals surface area contributed by atoms with Gasteiger partial charge < -0.3 is 51.3 Å². The van der Waals surface area contributed by atoms with Crippen molar-refractivity contribution in [3.05, 3.63) is 0 Å². The third-order valence-electron chi connectivity index (χ3n) is 14.5. The maximum Gasteiger partial charge on any atom is 0.317 e. The Balaban J connectivity index is 1.44. The molecule has 17 nitrogen and oxygen atoms in total. The van der Waals surface area contributed by atoms with Gasteiger partial charge in [0, 0.05) is 51.2 Å². The van der Waals surface area contributed by atoms with Gasteiger partial charge in [-0.2, -0.15) is 0 Å². The zero-order valence-electron chi connectivity index (χ0n) is 33.4. The second kappa shape index (κ2) is 19.5. The fraction of sp³-hybridized carbons (Fsp3) is 0.897. The predicted octanol–water partition coefficient (Wildman–Crippen LogP) is -0.342. The number of aliphatic hydroxyl groups is 6. The molecular weight excluding hydrogens is 732 g/mol. The standard InChI is InChI=1S/C39H68N4O13/c1-22(5-8-32(47)48)26-6-7-27-37-28(15-30(45)39(26,27)4)38(3)10-9-25(13-24(38)14-29(37)44)40-31(46)17-41(11-12-42(18-33(49)50)19-34(51)52)16-23(2)43(20-35(53)54)21-36(55)56/h22-30,35-37,44-45,53-56H,5-21H2,1-4H3,(H,40,46)(H,47,48)(H,49,50)(H,51,52)/t22?,23?,24?,25?,26-,27?,28?,29?,30?,37?,38+,39-/m1/s1. The Morgan fingerprint density at radius 1 is 0.750 bits per heavy atom. The zero-order chi connectivity index (χ0) is 41.7. The lowest BCUT2D eigenvalue weighted by Gasteiger charge is -2.63. The number of carbonyl (C=O) groups excluding carboxylic acids is 1. The van der Waals surface area contributed by atoms with E-state index in [9.17, 15) is 65.1 Å². The van der Waals surface area contributed by atoms with Crippen molar-refractivity contribution in [3.8, 4) is 0 Å². The first-order chi connectivity index (χ1) is 26.1. The van der Waals surface area contributed by atoms with Gasteiger partial charge >= 0.3 is 17.9 Å². The molecule has 12 atom stereocenters. The van der Waals surface area contributed by atoms with Gasteiger partial charge in [0.25, 0.3) is 0 Å². The van der Waals surface area contributed by atoms with E-state index in [1.165, 1.54) is 9.80 Å².